The van der Waals surface area contributed by atoms with Crippen molar-refractivity contribution in [1.82, 2.24) is 4.90 Å². The van der Waals surface area contributed by atoms with Gasteiger partial charge in [0.05, 0.1) is 35.8 Å². The zero-order valence-electron chi connectivity index (χ0n) is 25.9. The summed E-state index contributed by atoms with van der Waals surface area (Å²) >= 11 is 7.71. The molecule has 2 fully saturated rings. The third-order valence-electron chi connectivity index (χ3n) is 9.61. The second-order valence-corrected chi connectivity index (χ2v) is 14.2. The molecule has 8 nitrogen and oxygen atoms in total. The average molecular weight is 670 g/mol. The number of anilines is 2. The van der Waals surface area contributed by atoms with Crippen LogP contribution < -0.4 is 14.5 Å². The van der Waals surface area contributed by atoms with Crippen LogP contribution in [-0.2, 0) is 20.8 Å². The summed E-state index contributed by atoms with van der Waals surface area (Å²) in [5.74, 6) is -1.48. The minimum Gasteiger partial charge on any atom is -0.494 e. The van der Waals surface area contributed by atoms with Gasteiger partial charge in [-0.1, -0.05) is 66.2 Å². The van der Waals surface area contributed by atoms with Crippen LogP contribution in [0, 0.1) is 11.8 Å². The van der Waals surface area contributed by atoms with Gasteiger partial charge in [0.2, 0.25) is 11.8 Å². The van der Waals surface area contributed by atoms with Gasteiger partial charge >= 0.3 is 0 Å². The highest BCUT2D eigenvalue weighted by Gasteiger charge is 2.71. The van der Waals surface area contributed by atoms with Crippen LogP contribution in [0.5, 0.6) is 5.75 Å². The lowest BCUT2D eigenvalue weighted by molar-refractivity contribution is -0.141. The van der Waals surface area contributed by atoms with Crippen molar-refractivity contribution in [2.45, 2.75) is 35.4 Å². The van der Waals surface area contributed by atoms with Gasteiger partial charge in [-0.3, -0.25) is 14.4 Å². The van der Waals surface area contributed by atoms with E-state index in [-0.39, 0.29) is 29.6 Å². The first-order valence-electron chi connectivity index (χ1n) is 16.0. The quantitative estimate of drug-likeness (QED) is 0.334. The summed E-state index contributed by atoms with van der Waals surface area (Å²) < 4.78 is 4.60. The van der Waals surface area contributed by atoms with Crippen molar-refractivity contribution in [2.75, 3.05) is 36.1 Å². The first-order valence-corrected chi connectivity index (χ1v) is 17.2. The molecular formula is C37H36ClN3O5S. The predicted molar refractivity (Wildman–Crippen MR) is 185 cm³/mol. The Labute approximate surface area is 283 Å². The van der Waals surface area contributed by atoms with E-state index in [1.807, 2.05) is 85.8 Å². The number of likely N-dealkylation sites (tertiary alicyclic amines) is 1. The second kappa shape index (κ2) is 12.9. The number of thioether (sulfide) groups is 1. The molecule has 47 heavy (non-hydrogen) atoms. The third-order valence-corrected chi connectivity index (χ3v) is 11.6. The Morgan fingerprint density at radius 3 is 2.23 bits per heavy atom. The lowest BCUT2D eigenvalue weighted by Crippen LogP contribution is -2.57. The molecule has 1 spiro atoms. The summed E-state index contributed by atoms with van der Waals surface area (Å²) in [5.41, 5.74) is 2.32. The van der Waals surface area contributed by atoms with Crippen molar-refractivity contribution >= 4 is 52.5 Å². The van der Waals surface area contributed by atoms with Crippen molar-refractivity contribution in [3.63, 3.8) is 0 Å². The van der Waals surface area contributed by atoms with E-state index in [1.54, 1.807) is 39.0 Å². The van der Waals surface area contributed by atoms with Crippen LogP contribution >= 0.6 is 23.4 Å². The molecule has 2 saturated heterocycles. The van der Waals surface area contributed by atoms with E-state index in [0.717, 1.165) is 5.56 Å². The number of aliphatic hydroxyl groups excluding tert-OH is 1. The molecule has 1 N–H and O–H groups in total. The Bertz CT molecular complexity index is 1720. The highest BCUT2D eigenvalue weighted by atomic mass is 35.5. The molecule has 0 bridgehead atoms. The van der Waals surface area contributed by atoms with E-state index < -0.39 is 28.7 Å². The number of benzene rings is 3. The number of ether oxygens (including phenoxy) is 1. The zero-order chi connectivity index (χ0) is 32.7. The van der Waals surface area contributed by atoms with Crippen molar-refractivity contribution in [1.29, 1.82) is 0 Å². The highest BCUT2D eigenvalue weighted by molar-refractivity contribution is 8.02. The normalized spacial score (nSPS) is 27.3. The molecule has 4 heterocycles. The number of carbonyl (C=O) groups excluding carboxylic acids is 3. The molecule has 10 heteroatoms. The summed E-state index contributed by atoms with van der Waals surface area (Å²) in [6.07, 6.45) is 8.31. The Hall–Kier alpha value is -4.05. The minimum absolute atomic E-state index is 0.157. The monoisotopic (exact) mass is 669 g/mol. The highest BCUT2D eigenvalue weighted by Crippen LogP contribution is 2.61. The van der Waals surface area contributed by atoms with Gasteiger partial charge in [-0.25, -0.2) is 0 Å². The molecule has 242 valence electrons. The van der Waals surface area contributed by atoms with Crippen LogP contribution in [0.4, 0.5) is 11.4 Å². The van der Waals surface area contributed by atoms with Gasteiger partial charge in [-0.15, -0.1) is 11.8 Å². The molecule has 7 rings (SSSR count). The molecule has 0 aliphatic carbocycles. The molecule has 4 aliphatic heterocycles. The maximum absolute atomic E-state index is 14.9. The third kappa shape index (κ3) is 5.44. The summed E-state index contributed by atoms with van der Waals surface area (Å²) in [7, 11) is 0. The number of hydrogen-bond acceptors (Lipinski definition) is 6. The molecule has 3 amide bonds. The Kier molecular flexibility index (Phi) is 8.63. The summed E-state index contributed by atoms with van der Waals surface area (Å²) in [4.78, 5) is 49.4. The van der Waals surface area contributed by atoms with Gasteiger partial charge in [0.25, 0.3) is 5.91 Å². The maximum atomic E-state index is 14.9. The minimum atomic E-state index is -1.02. The van der Waals surface area contributed by atoms with Crippen molar-refractivity contribution in [2.24, 2.45) is 11.8 Å². The standard InChI is InChI=1S/C37H36ClN3O5S/c1-2-46-29-17-15-27(16-18-29)39-20-6-10-30-31(34(39)43)32-35(44)41(28(23-42)22-24-8-4-3-5-9-24)33-36(45)40(21-7-19-37(32,33)47-30)26-13-11-25(38)12-14-26/h3-19,28,30-33,42H,2,20-23H2,1H3/t28-,30+,31-,32+,33?,37+/m1/s1. The van der Waals surface area contributed by atoms with Gasteiger partial charge in [0, 0.05) is 34.7 Å². The molecule has 1 unspecified atom stereocenters. The number of rotatable bonds is 8. The number of nitrogens with zero attached hydrogens (tertiary/aromatic N) is 3. The molecule has 3 aromatic rings. The smallest absolute Gasteiger partial charge is 0.251 e. The molecule has 0 aromatic heterocycles. The van der Waals surface area contributed by atoms with Gasteiger partial charge in [0.1, 0.15) is 11.8 Å². The molecule has 4 aliphatic rings. The SMILES string of the molecule is CCOc1ccc(N2CC=C[C@@H]3S[C@]45C=CCN(c6ccc(Cl)cc6)C(=O)C4N([C@@H](CO)Cc4ccccc4)C(=O)[C@@H]5[C@@H]3C2=O)cc1. The van der Waals surface area contributed by atoms with Crippen LogP contribution in [0.3, 0.4) is 0 Å². The van der Waals surface area contributed by atoms with Crippen LogP contribution in [-0.4, -0.2) is 76.1 Å². The van der Waals surface area contributed by atoms with Crippen molar-refractivity contribution in [3.8, 4) is 5.75 Å². The predicted octanol–water partition coefficient (Wildman–Crippen LogP) is 5.15. The van der Waals surface area contributed by atoms with Gasteiger partial charge in [-0.05, 0) is 67.4 Å². The average Bonchev–Trinajstić information content (AvgIpc) is 3.40. The Morgan fingerprint density at radius 2 is 1.55 bits per heavy atom. The number of fused-ring (bicyclic) bond motifs is 2. The molecule has 6 atom stereocenters. The second-order valence-electron chi connectivity index (χ2n) is 12.2. The fourth-order valence-electron chi connectivity index (χ4n) is 7.58. The van der Waals surface area contributed by atoms with Crippen LogP contribution in [0.25, 0.3) is 0 Å². The number of carbonyl (C=O) groups is 3. The van der Waals surface area contributed by atoms with Crippen LogP contribution in [0.15, 0.2) is 103 Å². The fourth-order valence-corrected chi connectivity index (χ4v) is 9.70. The largest absolute Gasteiger partial charge is 0.494 e. The van der Waals surface area contributed by atoms with Gasteiger partial charge in [0.15, 0.2) is 0 Å². The lowest BCUT2D eigenvalue weighted by atomic mass is 9.78. The first kappa shape index (κ1) is 31.5. The number of hydrogen-bond donors (Lipinski definition) is 1. The van der Waals surface area contributed by atoms with E-state index in [4.69, 9.17) is 16.3 Å². The topological polar surface area (TPSA) is 90.4 Å². The molecule has 0 radical (unpaired) electrons. The van der Waals surface area contributed by atoms with Crippen LogP contribution in [0.1, 0.15) is 12.5 Å². The Morgan fingerprint density at radius 1 is 0.894 bits per heavy atom. The Balaban J connectivity index is 1.31. The number of amides is 3. The molecule has 0 saturated carbocycles. The number of aliphatic hydroxyl groups is 1. The first-order chi connectivity index (χ1) is 22.9. The van der Waals surface area contributed by atoms with E-state index in [1.165, 1.54) is 11.8 Å². The molecular weight excluding hydrogens is 634 g/mol. The van der Waals surface area contributed by atoms with E-state index in [0.29, 0.717) is 48.3 Å². The lowest BCUT2D eigenvalue weighted by Gasteiger charge is -2.38. The summed E-state index contributed by atoms with van der Waals surface area (Å²) in [6.45, 7) is 2.79. The summed E-state index contributed by atoms with van der Waals surface area (Å²) in [5, 5.41) is 11.1. The van der Waals surface area contributed by atoms with Gasteiger partial charge < -0.3 is 24.5 Å². The fraction of sp³-hybridized carbons (Fsp3) is 0.324. The van der Waals surface area contributed by atoms with Crippen molar-refractivity contribution in [3.05, 3.63) is 114 Å². The van der Waals surface area contributed by atoms with Crippen LogP contribution in [0.2, 0.25) is 5.02 Å². The summed E-state index contributed by atoms with van der Waals surface area (Å²) in [6, 6.07) is 22.5. The van der Waals surface area contributed by atoms with E-state index >= 15 is 0 Å². The molecule has 3 aromatic carbocycles. The maximum Gasteiger partial charge on any atom is 0.251 e. The number of halogens is 1. The van der Waals surface area contributed by atoms with Crippen molar-refractivity contribution < 1.29 is 24.2 Å². The van der Waals surface area contributed by atoms with E-state index in [9.17, 15) is 19.5 Å². The van der Waals surface area contributed by atoms with E-state index in [2.05, 4.69) is 0 Å². The van der Waals surface area contributed by atoms with Gasteiger partial charge in [-0.2, -0.15) is 0 Å². The zero-order valence-corrected chi connectivity index (χ0v) is 27.5.